The largest absolute Gasteiger partial charge is 0.386 e. The highest BCUT2D eigenvalue weighted by atomic mass is 32.2. The fourth-order valence-electron chi connectivity index (χ4n) is 2.05. The Bertz CT molecular complexity index is 630. The molecule has 2 rings (SSSR count). The van der Waals surface area contributed by atoms with Gasteiger partial charge in [0.1, 0.15) is 5.60 Å². The van der Waals surface area contributed by atoms with E-state index in [1.165, 1.54) is 0 Å². The van der Waals surface area contributed by atoms with E-state index in [4.69, 9.17) is 4.74 Å². The van der Waals surface area contributed by atoms with Gasteiger partial charge in [0.2, 0.25) is 10.0 Å². The minimum atomic E-state index is -3.84. The van der Waals surface area contributed by atoms with Crippen molar-refractivity contribution in [3.63, 3.8) is 0 Å². The summed E-state index contributed by atoms with van der Waals surface area (Å²) in [5, 5.41) is 20.8. The van der Waals surface area contributed by atoms with E-state index in [9.17, 15) is 23.6 Å². The highest BCUT2D eigenvalue weighted by Crippen LogP contribution is 2.25. The average Bonchev–Trinajstić information content (AvgIpc) is 2.77. The zero-order chi connectivity index (χ0) is 15.7. The van der Waals surface area contributed by atoms with Crippen LogP contribution in [0.1, 0.15) is 13.3 Å². The van der Waals surface area contributed by atoms with Crippen molar-refractivity contribution in [1.82, 2.24) is 4.72 Å². The Morgan fingerprint density at radius 1 is 1.48 bits per heavy atom. The molecule has 1 aromatic rings. The summed E-state index contributed by atoms with van der Waals surface area (Å²) in [7, 11) is -3.84. The molecule has 8 nitrogen and oxygen atoms in total. The second-order valence-corrected chi connectivity index (χ2v) is 6.71. The van der Waals surface area contributed by atoms with Crippen molar-refractivity contribution in [2.24, 2.45) is 0 Å². The molecule has 2 unspecified atom stereocenters. The summed E-state index contributed by atoms with van der Waals surface area (Å²) in [5.74, 6) is 0. The molecule has 0 radical (unpaired) electrons. The highest BCUT2D eigenvalue weighted by molar-refractivity contribution is 7.89. The monoisotopic (exact) mass is 316 g/mol. The Morgan fingerprint density at radius 2 is 2.10 bits per heavy atom. The molecule has 2 N–H and O–H groups in total. The lowest BCUT2D eigenvalue weighted by Crippen LogP contribution is -2.47. The minimum absolute atomic E-state index is 0.0942. The molecular weight excluding hydrogens is 300 g/mol. The number of nitro benzene ring substituents is 1. The van der Waals surface area contributed by atoms with Crippen molar-refractivity contribution >= 4 is 15.7 Å². The van der Waals surface area contributed by atoms with Gasteiger partial charge in [-0.05, 0) is 19.1 Å². The van der Waals surface area contributed by atoms with E-state index in [1.54, 1.807) is 6.92 Å². The Kier molecular flexibility index (Phi) is 4.28. The van der Waals surface area contributed by atoms with Crippen LogP contribution in [-0.4, -0.2) is 43.3 Å². The fourth-order valence-corrected chi connectivity index (χ4v) is 3.15. The number of ether oxygens (including phenoxy) is 1. The van der Waals surface area contributed by atoms with E-state index in [1.807, 2.05) is 0 Å². The summed E-state index contributed by atoms with van der Waals surface area (Å²) in [5.41, 5.74) is -1.43. The molecule has 0 spiro atoms. The molecule has 0 aromatic heterocycles. The molecule has 21 heavy (non-hydrogen) atoms. The summed E-state index contributed by atoms with van der Waals surface area (Å²) in [4.78, 5) is 9.83. The molecule has 1 fully saturated rings. The van der Waals surface area contributed by atoms with Crippen LogP contribution in [-0.2, 0) is 14.8 Å². The van der Waals surface area contributed by atoms with Gasteiger partial charge in [0.05, 0.1) is 15.9 Å². The van der Waals surface area contributed by atoms with Gasteiger partial charge in [-0.2, -0.15) is 0 Å². The Hall–Kier alpha value is -1.55. The van der Waals surface area contributed by atoms with Crippen molar-refractivity contribution in [3.8, 4) is 0 Å². The first-order valence-electron chi connectivity index (χ1n) is 6.33. The number of nitro groups is 1. The topological polar surface area (TPSA) is 119 Å². The van der Waals surface area contributed by atoms with Crippen LogP contribution >= 0.6 is 0 Å². The summed E-state index contributed by atoms with van der Waals surface area (Å²) >= 11 is 0. The lowest BCUT2D eigenvalue weighted by Gasteiger charge is -2.26. The van der Waals surface area contributed by atoms with Gasteiger partial charge in [-0.15, -0.1) is 0 Å². The van der Waals surface area contributed by atoms with E-state index < -0.39 is 26.7 Å². The van der Waals surface area contributed by atoms with Gasteiger partial charge in [0.25, 0.3) is 5.69 Å². The number of hydrogen-bond donors (Lipinski definition) is 2. The van der Waals surface area contributed by atoms with Gasteiger partial charge < -0.3 is 9.84 Å². The van der Waals surface area contributed by atoms with Crippen LogP contribution in [0.5, 0.6) is 0 Å². The van der Waals surface area contributed by atoms with Gasteiger partial charge >= 0.3 is 0 Å². The van der Waals surface area contributed by atoms with Crippen LogP contribution in [0.2, 0.25) is 0 Å². The number of hydrogen-bond acceptors (Lipinski definition) is 6. The SMILES string of the molecule is CC1OCCC1(O)CNS(=O)(=O)c1ccc([N+](=O)[O-])cc1. The summed E-state index contributed by atoms with van der Waals surface area (Å²) in [6, 6.07) is 4.54. The van der Waals surface area contributed by atoms with Gasteiger partial charge in [-0.3, -0.25) is 10.1 Å². The fraction of sp³-hybridized carbons (Fsp3) is 0.500. The molecule has 0 aliphatic carbocycles. The third-order valence-electron chi connectivity index (χ3n) is 3.59. The minimum Gasteiger partial charge on any atom is -0.386 e. The van der Waals surface area contributed by atoms with E-state index in [0.717, 1.165) is 24.3 Å². The number of rotatable bonds is 5. The lowest BCUT2D eigenvalue weighted by atomic mass is 9.97. The zero-order valence-corrected chi connectivity index (χ0v) is 12.2. The number of aliphatic hydroxyl groups is 1. The second-order valence-electron chi connectivity index (χ2n) is 4.94. The lowest BCUT2D eigenvalue weighted by molar-refractivity contribution is -0.384. The molecule has 1 saturated heterocycles. The van der Waals surface area contributed by atoms with E-state index in [2.05, 4.69) is 4.72 Å². The van der Waals surface area contributed by atoms with E-state index >= 15 is 0 Å². The molecule has 2 atom stereocenters. The molecule has 0 amide bonds. The van der Waals surface area contributed by atoms with Crippen LogP contribution in [0.3, 0.4) is 0 Å². The van der Waals surface area contributed by atoms with Gasteiger partial charge in [-0.1, -0.05) is 0 Å². The number of nitrogens with zero attached hydrogens (tertiary/aromatic N) is 1. The smallest absolute Gasteiger partial charge is 0.269 e. The third-order valence-corrected chi connectivity index (χ3v) is 5.00. The van der Waals surface area contributed by atoms with Gasteiger partial charge in [0.15, 0.2) is 0 Å². The second kappa shape index (κ2) is 5.68. The molecule has 0 bridgehead atoms. The summed E-state index contributed by atoms with van der Waals surface area (Å²) < 4.78 is 31.7. The molecule has 116 valence electrons. The maximum absolute atomic E-state index is 12.1. The highest BCUT2D eigenvalue weighted by Gasteiger charge is 2.40. The summed E-state index contributed by atoms with van der Waals surface area (Å²) in [6.07, 6.45) is -0.117. The number of nitrogens with one attached hydrogen (secondary N) is 1. The molecule has 1 aliphatic heterocycles. The van der Waals surface area contributed by atoms with Crippen molar-refractivity contribution < 1.29 is 23.2 Å². The normalized spacial score (nSPS) is 25.9. The summed E-state index contributed by atoms with van der Waals surface area (Å²) in [6.45, 7) is 1.87. The molecule has 9 heteroatoms. The Balaban J connectivity index is 2.10. The standard InChI is InChI=1S/C12H16N2O6S/c1-9-12(15,6-7-20-9)8-13-21(18,19)11-4-2-10(3-5-11)14(16)17/h2-5,9,13,15H,6-8H2,1H3. The van der Waals surface area contributed by atoms with Crippen LogP contribution < -0.4 is 4.72 Å². The first kappa shape index (κ1) is 15.8. The van der Waals surface area contributed by atoms with Crippen molar-refractivity contribution in [1.29, 1.82) is 0 Å². The van der Waals surface area contributed by atoms with Gasteiger partial charge in [-0.25, -0.2) is 13.1 Å². The maximum Gasteiger partial charge on any atom is 0.269 e. The van der Waals surface area contributed by atoms with Crippen molar-refractivity contribution in [2.45, 2.75) is 29.9 Å². The third kappa shape index (κ3) is 3.38. The molecule has 1 heterocycles. The molecule has 0 saturated carbocycles. The van der Waals surface area contributed by atoms with E-state index in [-0.39, 0.29) is 17.1 Å². The predicted molar refractivity (Wildman–Crippen MR) is 73.3 cm³/mol. The van der Waals surface area contributed by atoms with Crippen molar-refractivity contribution in [2.75, 3.05) is 13.2 Å². The van der Waals surface area contributed by atoms with Crippen molar-refractivity contribution in [3.05, 3.63) is 34.4 Å². The number of non-ortho nitro benzene ring substituents is 1. The van der Waals surface area contributed by atoms with Crippen LogP contribution in [0.25, 0.3) is 0 Å². The Labute approximate surface area is 121 Å². The molecule has 1 aliphatic rings. The average molecular weight is 316 g/mol. The van der Waals surface area contributed by atoms with Crippen LogP contribution in [0, 0.1) is 10.1 Å². The first-order chi connectivity index (χ1) is 9.74. The number of sulfonamides is 1. The first-order valence-corrected chi connectivity index (χ1v) is 7.81. The van der Waals surface area contributed by atoms with E-state index in [0.29, 0.717) is 13.0 Å². The van der Waals surface area contributed by atoms with Crippen LogP contribution in [0.15, 0.2) is 29.2 Å². The quantitative estimate of drug-likeness (QED) is 0.600. The molecule has 1 aromatic carbocycles. The Morgan fingerprint density at radius 3 is 2.57 bits per heavy atom. The number of benzene rings is 1. The van der Waals surface area contributed by atoms with Gasteiger partial charge in [0, 0.05) is 31.7 Å². The van der Waals surface area contributed by atoms with Crippen LogP contribution in [0.4, 0.5) is 5.69 Å². The maximum atomic E-state index is 12.1. The molecular formula is C12H16N2O6S. The zero-order valence-electron chi connectivity index (χ0n) is 11.4. The predicted octanol–water partition coefficient (Wildman–Crippen LogP) is 0.413.